The van der Waals surface area contributed by atoms with Gasteiger partial charge in [-0.2, -0.15) is 0 Å². The summed E-state index contributed by atoms with van der Waals surface area (Å²) < 4.78 is 25.8. The van der Waals surface area contributed by atoms with Crippen molar-refractivity contribution in [1.29, 1.82) is 0 Å². The van der Waals surface area contributed by atoms with Crippen LogP contribution < -0.4 is 4.74 Å². The molecule has 4 rings (SSSR count). The fourth-order valence-corrected chi connectivity index (χ4v) is 4.51. The predicted octanol–water partition coefficient (Wildman–Crippen LogP) is 3.29. The number of likely N-dealkylation sites (tertiary alicyclic amines) is 1. The van der Waals surface area contributed by atoms with Crippen LogP contribution in [0.15, 0.2) is 48.0 Å². The van der Waals surface area contributed by atoms with E-state index in [9.17, 15) is 19.1 Å². The van der Waals surface area contributed by atoms with Crippen LogP contribution in [0.3, 0.4) is 0 Å². The molecule has 2 heterocycles. The van der Waals surface area contributed by atoms with Crippen molar-refractivity contribution in [1.82, 2.24) is 9.80 Å². The van der Waals surface area contributed by atoms with Crippen molar-refractivity contribution in [3.63, 3.8) is 0 Å². The summed E-state index contributed by atoms with van der Waals surface area (Å²) in [7, 11) is 0. The Labute approximate surface area is 198 Å². The quantitative estimate of drug-likeness (QED) is 0.382. The molecule has 2 fully saturated rings. The van der Waals surface area contributed by atoms with E-state index in [0.717, 1.165) is 13.1 Å². The Kier molecular flexibility index (Phi) is 7.29. The molecule has 7 nitrogen and oxygen atoms in total. The van der Waals surface area contributed by atoms with Crippen molar-refractivity contribution in [2.24, 2.45) is 0 Å². The summed E-state index contributed by atoms with van der Waals surface area (Å²) in [6, 6.07) is 10.1. The molecule has 0 saturated carbocycles. The minimum absolute atomic E-state index is 0.107. The summed E-state index contributed by atoms with van der Waals surface area (Å²) in [5, 5.41) is 11.3. The average molecular weight is 469 g/mol. The van der Waals surface area contributed by atoms with Crippen molar-refractivity contribution < 1.29 is 28.6 Å². The Bertz CT molecular complexity index is 1110. The highest BCUT2D eigenvalue weighted by molar-refractivity contribution is 6.46. The fourth-order valence-electron chi connectivity index (χ4n) is 4.51. The van der Waals surface area contributed by atoms with Crippen molar-refractivity contribution in [2.75, 3.05) is 46.0 Å². The molecule has 0 spiro atoms. The van der Waals surface area contributed by atoms with Crippen molar-refractivity contribution in [2.45, 2.75) is 19.9 Å². The highest BCUT2D eigenvalue weighted by atomic mass is 19.1. The first-order chi connectivity index (χ1) is 16.4. The molecular weight excluding hydrogens is 439 g/mol. The molecule has 1 atom stereocenters. The smallest absolute Gasteiger partial charge is 0.295 e. The maximum atomic E-state index is 14.9. The van der Waals surface area contributed by atoms with E-state index in [1.54, 1.807) is 43.3 Å². The van der Waals surface area contributed by atoms with Gasteiger partial charge in [-0.05, 0) is 43.7 Å². The lowest BCUT2D eigenvalue weighted by molar-refractivity contribution is -0.140. The number of carbonyl (C=O) groups is 2. The number of rotatable bonds is 7. The molecule has 1 N–H and O–H groups in total. The fraction of sp³-hybridized carbons (Fsp3) is 0.385. The lowest BCUT2D eigenvalue weighted by atomic mass is 9.93. The normalized spacial score (nSPS) is 20.7. The van der Waals surface area contributed by atoms with Gasteiger partial charge in [-0.15, -0.1) is 0 Å². The minimum Gasteiger partial charge on any atom is -0.507 e. The second-order valence-electron chi connectivity index (χ2n) is 8.38. The third-order valence-corrected chi connectivity index (χ3v) is 6.26. The lowest BCUT2D eigenvalue weighted by Crippen LogP contribution is -2.42. The summed E-state index contributed by atoms with van der Waals surface area (Å²) in [6.45, 7) is 7.54. The van der Waals surface area contributed by atoms with E-state index in [4.69, 9.17) is 9.47 Å². The molecule has 8 heteroatoms. The molecule has 2 aliphatic heterocycles. The van der Waals surface area contributed by atoms with Gasteiger partial charge in [0.2, 0.25) is 0 Å². The van der Waals surface area contributed by atoms with Crippen LogP contribution >= 0.6 is 0 Å². The van der Waals surface area contributed by atoms with E-state index in [1.165, 1.54) is 11.0 Å². The van der Waals surface area contributed by atoms with Crippen molar-refractivity contribution in [3.05, 3.63) is 70.5 Å². The molecular formula is C26H29FN2O5. The van der Waals surface area contributed by atoms with Gasteiger partial charge in [-0.25, -0.2) is 4.39 Å². The van der Waals surface area contributed by atoms with Crippen LogP contribution in [0.1, 0.15) is 29.7 Å². The Morgan fingerprint density at radius 3 is 2.56 bits per heavy atom. The van der Waals surface area contributed by atoms with Crippen LogP contribution in [0.2, 0.25) is 0 Å². The number of Topliss-reactive ketones (excluding diaryl/α,β-unsaturated/α-hetero) is 1. The van der Waals surface area contributed by atoms with Gasteiger partial charge in [-0.3, -0.25) is 14.5 Å². The number of aliphatic hydroxyl groups excluding tert-OH is 1. The third-order valence-electron chi connectivity index (χ3n) is 6.26. The van der Waals surface area contributed by atoms with Gasteiger partial charge < -0.3 is 19.5 Å². The summed E-state index contributed by atoms with van der Waals surface area (Å²) in [5.41, 5.74) is 1.14. The van der Waals surface area contributed by atoms with Gasteiger partial charge in [-0.1, -0.05) is 18.2 Å². The van der Waals surface area contributed by atoms with Gasteiger partial charge >= 0.3 is 0 Å². The number of aryl methyl sites for hydroxylation is 1. The van der Waals surface area contributed by atoms with Crippen LogP contribution in [-0.2, 0) is 14.3 Å². The zero-order chi connectivity index (χ0) is 24.2. The first-order valence-electron chi connectivity index (χ1n) is 11.5. The number of hydrogen-bond donors (Lipinski definition) is 1. The van der Waals surface area contributed by atoms with E-state index >= 15 is 0 Å². The molecule has 0 aromatic heterocycles. The van der Waals surface area contributed by atoms with Crippen LogP contribution in [-0.4, -0.2) is 72.6 Å². The molecule has 2 aliphatic rings. The number of carbonyl (C=O) groups excluding carboxylic acids is 2. The Hall–Kier alpha value is -3.23. The van der Waals surface area contributed by atoms with Crippen LogP contribution in [0.25, 0.3) is 5.76 Å². The summed E-state index contributed by atoms with van der Waals surface area (Å²) in [6.07, 6.45) is 0. The number of nitrogens with zero attached hydrogens (tertiary/aromatic N) is 2. The zero-order valence-corrected chi connectivity index (χ0v) is 19.4. The van der Waals surface area contributed by atoms with Gasteiger partial charge in [0, 0.05) is 37.3 Å². The molecule has 0 radical (unpaired) electrons. The molecule has 2 aromatic carbocycles. The highest BCUT2D eigenvalue weighted by Crippen LogP contribution is 2.40. The van der Waals surface area contributed by atoms with E-state index in [2.05, 4.69) is 4.90 Å². The predicted molar refractivity (Wildman–Crippen MR) is 125 cm³/mol. The molecule has 2 saturated heterocycles. The minimum atomic E-state index is -1.02. The van der Waals surface area contributed by atoms with Gasteiger partial charge in [0.1, 0.15) is 17.3 Å². The van der Waals surface area contributed by atoms with Gasteiger partial charge in [0.25, 0.3) is 11.7 Å². The van der Waals surface area contributed by atoms with E-state index < -0.39 is 23.5 Å². The lowest BCUT2D eigenvalue weighted by Gasteiger charge is -2.31. The number of halogens is 1. The summed E-state index contributed by atoms with van der Waals surface area (Å²) in [5.74, 6) is -1.79. The average Bonchev–Trinajstić information content (AvgIpc) is 3.08. The molecule has 2 aromatic rings. The maximum absolute atomic E-state index is 14.9. The first-order valence-corrected chi connectivity index (χ1v) is 11.5. The van der Waals surface area contributed by atoms with Crippen molar-refractivity contribution in [3.8, 4) is 5.75 Å². The zero-order valence-electron chi connectivity index (χ0n) is 19.4. The van der Waals surface area contributed by atoms with Gasteiger partial charge in [0.05, 0.1) is 31.4 Å². The number of ketones is 1. The van der Waals surface area contributed by atoms with E-state index in [0.29, 0.717) is 43.2 Å². The Morgan fingerprint density at radius 2 is 1.88 bits per heavy atom. The largest absolute Gasteiger partial charge is 0.507 e. The van der Waals surface area contributed by atoms with Gasteiger partial charge in [0.15, 0.2) is 0 Å². The SMILES string of the molecule is CCOc1ccc(C(O)=C2C(=O)C(=O)N(CCN3CCOCC3)[C@@H]2c2ccccc2F)c(C)c1. The number of morpholine rings is 1. The van der Waals surface area contributed by atoms with Crippen LogP contribution in [0, 0.1) is 12.7 Å². The third kappa shape index (κ3) is 4.69. The first kappa shape index (κ1) is 23.9. The number of hydrogen-bond acceptors (Lipinski definition) is 6. The monoisotopic (exact) mass is 468 g/mol. The van der Waals surface area contributed by atoms with Crippen LogP contribution in [0.5, 0.6) is 5.75 Å². The Morgan fingerprint density at radius 1 is 1.15 bits per heavy atom. The standard InChI is InChI=1S/C26H29FN2O5/c1-3-34-18-8-9-19(17(2)16-18)24(30)22-23(20-6-4-5-7-21(20)27)29(26(32)25(22)31)11-10-28-12-14-33-15-13-28/h4-9,16,23,30H,3,10-15H2,1-2H3/t23-/m1/s1. The second kappa shape index (κ2) is 10.4. The molecule has 34 heavy (non-hydrogen) atoms. The number of aliphatic hydroxyl groups is 1. The van der Waals surface area contributed by atoms with Crippen LogP contribution in [0.4, 0.5) is 4.39 Å². The molecule has 1 amide bonds. The molecule has 180 valence electrons. The summed E-state index contributed by atoms with van der Waals surface area (Å²) in [4.78, 5) is 29.8. The van der Waals surface area contributed by atoms with E-state index in [1.807, 2.05) is 6.92 Å². The maximum Gasteiger partial charge on any atom is 0.295 e. The molecule has 0 aliphatic carbocycles. The highest BCUT2D eigenvalue weighted by Gasteiger charge is 2.47. The topological polar surface area (TPSA) is 79.3 Å². The summed E-state index contributed by atoms with van der Waals surface area (Å²) >= 11 is 0. The number of amides is 1. The van der Waals surface area contributed by atoms with Crippen molar-refractivity contribution >= 4 is 17.4 Å². The Balaban J connectivity index is 1.76. The molecule has 0 unspecified atom stereocenters. The second-order valence-corrected chi connectivity index (χ2v) is 8.38. The van der Waals surface area contributed by atoms with E-state index in [-0.39, 0.29) is 23.4 Å². The number of benzene rings is 2. The molecule has 0 bridgehead atoms. The number of ether oxygens (including phenoxy) is 2.